The maximum Gasteiger partial charge on any atom is 0.304 e. The van der Waals surface area contributed by atoms with Crippen LogP contribution in [-0.4, -0.2) is 41.5 Å². The van der Waals surface area contributed by atoms with Crippen molar-refractivity contribution in [3.8, 4) is 0 Å². The number of carbonyl (C=O) groups is 1. The molecule has 0 amide bonds. The van der Waals surface area contributed by atoms with Crippen molar-refractivity contribution in [1.82, 2.24) is 9.46 Å². The lowest BCUT2D eigenvalue weighted by Crippen LogP contribution is -2.39. The van der Waals surface area contributed by atoms with Gasteiger partial charge in [-0.1, -0.05) is 5.16 Å². The summed E-state index contributed by atoms with van der Waals surface area (Å²) in [5.41, 5.74) is 0.318. The van der Waals surface area contributed by atoms with Crippen molar-refractivity contribution in [3.63, 3.8) is 0 Å². The third-order valence-electron chi connectivity index (χ3n) is 2.49. The van der Waals surface area contributed by atoms with Crippen LogP contribution in [0.15, 0.2) is 10.6 Å². The number of carboxylic acid groups (broad SMARTS) is 1. The first kappa shape index (κ1) is 15.6. The maximum absolute atomic E-state index is 12.2. The molecule has 108 valence electrons. The number of carboxylic acids is 1. The predicted octanol–water partition coefficient (Wildman–Crippen LogP) is 0.998. The van der Waals surface area contributed by atoms with Crippen LogP contribution in [0.2, 0.25) is 0 Å². The van der Waals surface area contributed by atoms with Crippen LogP contribution in [0.4, 0.5) is 0 Å². The van der Waals surface area contributed by atoms with Gasteiger partial charge in [0.2, 0.25) is 10.0 Å². The molecule has 8 heteroatoms. The quantitative estimate of drug-likeness (QED) is 0.804. The van der Waals surface area contributed by atoms with E-state index < -0.39 is 16.0 Å². The number of aryl methyl sites for hydroxylation is 1. The van der Waals surface area contributed by atoms with E-state index in [1.807, 2.05) is 0 Å². The first-order valence-corrected chi connectivity index (χ1v) is 7.47. The number of nitrogens with zero attached hydrogens (tertiary/aromatic N) is 2. The van der Waals surface area contributed by atoms with Gasteiger partial charge in [-0.25, -0.2) is 8.42 Å². The molecule has 19 heavy (non-hydrogen) atoms. The molecule has 0 aliphatic heterocycles. The average molecular weight is 290 g/mol. The second kappa shape index (κ2) is 6.16. The summed E-state index contributed by atoms with van der Waals surface area (Å²) in [5.74, 6) is -0.785. The lowest BCUT2D eigenvalue weighted by Gasteiger charge is -2.24. The molecule has 1 heterocycles. The highest BCUT2D eigenvalue weighted by Gasteiger charge is 2.26. The van der Waals surface area contributed by atoms with Crippen molar-refractivity contribution < 1.29 is 22.8 Å². The SMILES string of the molecule is Cc1cc(CS(=O)(=O)N(CCC(=O)O)C(C)C)no1. The molecule has 0 spiro atoms. The maximum atomic E-state index is 12.2. The van der Waals surface area contributed by atoms with Crippen LogP contribution < -0.4 is 0 Å². The van der Waals surface area contributed by atoms with Gasteiger partial charge >= 0.3 is 5.97 Å². The zero-order chi connectivity index (χ0) is 14.6. The Morgan fingerprint density at radius 3 is 2.58 bits per heavy atom. The van der Waals surface area contributed by atoms with E-state index in [0.29, 0.717) is 11.5 Å². The summed E-state index contributed by atoms with van der Waals surface area (Å²) in [4.78, 5) is 10.6. The average Bonchev–Trinajstić information content (AvgIpc) is 2.61. The summed E-state index contributed by atoms with van der Waals surface area (Å²) in [6.07, 6.45) is -0.227. The van der Waals surface area contributed by atoms with Crippen LogP contribution >= 0.6 is 0 Å². The van der Waals surface area contributed by atoms with Crippen LogP contribution in [0.25, 0.3) is 0 Å². The van der Waals surface area contributed by atoms with Gasteiger partial charge in [0.15, 0.2) is 0 Å². The minimum absolute atomic E-state index is 0.0494. The van der Waals surface area contributed by atoms with Gasteiger partial charge in [0.1, 0.15) is 17.2 Å². The molecule has 0 saturated heterocycles. The standard InChI is InChI=1S/C11H18N2O5S/c1-8(2)13(5-4-11(14)15)19(16,17)7-10-6-9(3)18-12-10/h6,8H,4-5,7H2,1-3H3,(H,14,15). The van der Waals surface area contributed by atoms with E-state index in [1.165, 1.54) is 4.31 Å². The summed E-state index contributed by atoms with van der Waals surface area (Å²) in [5, 5.41) is 12.3. The van der Waals surface area contributed by atoms with Gasteiger partial charge < -0.3 is 9.63 Å². The van der Waals surface area contributed by atoms with Crippen molar-refractivity contribution in [2.45, 2.75) is 39.0 Å². The summed E-state index contributed by atoms with van der Waals surface area (Å²) < 4.78 is 30.4. The Hall–Kier alpha value is -1.41. The second-order valence-electron chi connectivity index (χ2n) is 4.53. The Bertz CT molecular complexity index is 535. The molecule has 1 aromatic heterocycles. The third kappa shape index (κ3) is 4.64. The van der Waals surface area contributed by atoms with Gasteiger partial charge in [0.05, 0.1) is 6.42 Å². The first-order chi connectivity index (χ1) is 8.72. The zero-order valence-electron chi connectivity index (χ0n) is 11.2. The van der Waals surface area contributed by atoms with Gasteiger partial charge in [-0.2, -0.15) is 4.31 Å². The smallest absolute Gasteiger partial charge is 0.304 e. The second-order valence-corrected chi connectivity index (χ2v) is 6.45. The van der Waals surface area contributed by atoms with Crippen molar-refractivity contribution in [2.75, 3.05) is 6.54 Å². The summed E-state index contributed by atoms with van der Waals surface area (Å²) >= 11 is 0. The van der Waals surface area contributed by atoms with E-state index >= 15 is 0 Å². The summed E-state index contributed by atoms with van der Waals surface area (Å²) in [7, 11) is -3.61. The minimum Gasteiger partial charge on any atom is -0.481 e. The van der Waals surface area contributed by atoms with Crippen LogP contribution in [0, 0.1) is 6.92 Å². The van der Waals surface area contributed by atoms with Gasteiger partial charge in [-0.05, 0) is 20.8 Å². The number of hydrogen-bond donors (Lipinski definition) is 1. The third-order valence-corrected chi connectivity index (χ3v) is 4.47. The van der Waals surface area contributed by atoms with Crippen molar-refractivity contribution in [3.05, 3.63) is 17.5 Å². The Morgan fingerprint density at radius 1 is 1.53 bits per heavy atom. The number of aromatic nitrogens is 1. The fraction of sp³-hybridized carbons (Fsp3) is 0.636. The Balaban J connectivity index is 2.84. The van der Waals surface area contributed by atoms with Crippen LogP contribution in [0.5, 0.6) is 0 Å². The zero-order valence-corrected chi connectivity index (χ0v) is 12.0. The molecular weight excluding hydrogens is 272 g/mol. The molecule has 0 fully saturated rings. The molecular formula is C11H18N2O5S. The largest absolute Gasteiger partial charge is 0.481 e. The first-order valence-electron chi connectivity index (χ1n) is 5.86. The van der Waals surface area contributed by atoms with Gasteiger partial charge in [-0.3, -0.25) is 4.79 Å². The minimum atomic E-state index is -3.61. The van der Waals surface area contributed by atoms with Gasteiger partial charge in [0, 0.05) is 18.7 Å². The molecule has 1 aromatic rings. The van der Waals surface area contributed by atoms with Crippen molar-refractivity contribution in [1.29, 1.82) is 0 Å². The molecule has 0 radical (unpaired) electrons. The Labute approximate surface area is 112 Å². The monoisotopic (exact) mass is 290 g/mol. The molecule has 1 N–H and O–H groups in total. The topological polar surface area (TPSA) is 101 Å². The molecule has 7 nitrogen and oxygen atoms in total. The van der Waals surface area contributed by atoms with E-state index in [1.54, 1.807) is 26.8 Å². The van der Waals surface area contributed by atoms with E-state index in [-0.39, 0.29) is 24.8 Å². The highest BCUT2D eigenvalue weighted by atomic mass is 32.2. The van der Waals surface area contributed by atoms with E-state index in [2.05, 4.69) is 5.16 Å². The Kier molecular flexibility index (Phi) is 5.07. The Morgan fingerprint density at radius 2 is 2.16 bits per heavy atom. The normalized spacial score (nSPS) is 12.3. The molecule has 1 rings (SSSR count). The number of sulfonamides is 1. The summed E-state index contributed by atoms with van der Waals surface area (Å²) in [6.45, 7) is 5.03. The van der Waals surface area contributed by atoms with E-state index in [9.17, 15) is 13.2 Å². The molecule has 0 saturated carbocycles. The fourth-order valence-electron chi connectivity index (χ4n) is 1.68. The van der Waals surface area contributed by atoms with Crippen LogP contribution in [0.1, 0.15) is 31.7 Å². The van der Waals surface area contributed by atoms with Gasteiger partial charge in [0.25, 0.3) is 0 Å². The van der Waals surface area contributed by atoms with Gasteiger partial charge in [-0.15, -0.1) is 0 Å². The fourth-order valence-corrected chi connectivity index (χ4v) is 3.37. The van der Waals surface area contributed by atoms with E-state index in [0.717, 1.165) is 0 Å². The van der Waals surface area contributed by atoms with Crippen LogP contribution in [0.3, 0.4) is 0 Å². The molecule has 0 aromatic carbocycles. The molecule has 0 aliphatic carbocycles. The molecule has 0 unspecified atom stereocenters. The van der Waals surface area contributed by atoms with Crippen LogP contribution in [-0.2, 0) is 20.6 Å². The number of rotatable bonds is 7. The molecule has 0 atom stereocenters. The summed E-state index contributed by atoms with van der Waals surface area (Å²) in [6, 6.07) is 1.24. The highest BCUT2D eigenvalue weighted by molar-refractivity contribution is 7.88. The van der Waals surface area contributed by atoms with Crippen molar-refractivity contribution >= 4 is 16.0 Å². The lowest BCUT2D eigenvalue weighted by atomic mass is 10.3. The van der Waals surface area contributed by atoms with E-state index in [4.69, 9.17) is 9.63 Å². The lowest BCUT2D eigenvalue weighted by molar-refractivity contribution is -0.137. The number of hydrogen-bond acceptors (Lipinski definition) is 5. The predicted molar refractivity (Wildman–Crippen MR) is 68.0 cm³/mol. The number of aliphatic carboxylic acids is 1. The molecule has 0 bridgehead atoms. The highest BCUT2D eigenvalue weighted by Crippen LogP contribution is 2.14. The van der Waals surface area contributed by atoms with Crippen molar-refractivity contribution in [2.24, 2.45) is 0 Å². The molecule has 0 aliphatic rings.